The second kappa shape index (κ2) is 34.1. The second-order valence-corrected chi connectivity index (χ2v) is 35.8. The van der Waals surface area contributed by atoms with Crippen molar-refractivity contribution in [3.05, 3.63) is 468 Å². The molecule has 0 bridgehead atoms. The highest BCUT2D eigenvalue weighted by Gasteiger charge is 2.28. The number of thiophene rings is 3. The van der Waals surface area contributed by atoms with Crippen LogP contribution in [0.2, 0.25) is 0 Å². The van der Waals surface area contributed by atoms with Crippen molar-refractivity contribution in [2.45, 2.75) is 0 Å². The number of fused-ring (bicyclic) bond motifs is 15. The van der Waals surface area contributed by atoms with Crippen LogP contribution in [0.3, 0.4) is 0 Å². The molecule has 12 aromatic heterocycles. The number of pyridine rings is 6. The van der Waals surface area contributed by atoms with Crippen molar-refractivity contribution < 1.29 is 0 Å². The van der Waals surface area contributed by atoms with Crippen molar-refractivity contribution in [1.82, 2.24) is 43.6 Å². The van der Waals surface area contributed by atoms with Crippen molar-refractivity contribution in [1.29, 1.82) is 0 Å². The number of hydrogen-bond donors (Lipinski definition) is 0. The smallest absolute Gasteiger partial charge is 0.138 e. The molecule has 0 aliphatic carbocycles. The van der Waals surface area contributed by atoms with Gasteiger partial charge in [-0.2, -0.15) is 0 Å². The normalized spacial score (nSPS) is 11.5. The van der Waals surface area contributed by atoms with Crippen LogP contribution in [0.1, 0.15) is 0 Å². The minimum atomic E-state index is 0.906. The van der Waals surface area contributed by atoms with E-state index in [1.165, 1.54) is 149 Å². The van der Waals surface area contributed by atoms with Gasteiger partial charge >= 0.3 is 0 Å². The first-order chi connectivity index (χ1) is 65.5. The van der Waals surface area contributed by atoms with E-state index in [0.29, 0.717) is 0 Å². The van der Waals surface area contributed by atoms with E-state index in [9.17, 15) is 0 Å². The largest absolute Gasteiger partial charge is 0.309 e. The van der Waals surface area contributed by atoms with Gasteiger partial charge in [0.15, 0.2) is 0 Å². The van der Waals surface area contributed by atoms with Gasteiger partial charge in [-0.1, -0.05) is 285 Å². The summed E-state index contributed by atoms with van der Waals surface area (Å²) in [6.45, 7) is 0. The van der Waals surface area contributed by atoms with Crippen LogP contribution in [0.4, 0.5) is 0 Å². The van der Waals surface area contributed by atoms with E-state index in [1.807, 2.05) is 132 Å². The van der Waals surface area contributed by atoms with Gasteiger partial charge in [0.1, 0.15) is 5.82 Å². The van der Waals surface area contributed by atoms with Gasteiger partial charge in [-0.3, -0.25) is 29.5 Å². The Labute approximate surface area is 773 Å². The zero-order valence-corrected chi connectivity index (χ0v) is 73.7. The van der Waals surface area contributed by atoms with Crippen LogP contribution >= 0.6 is 34.0 Å². The zero-order chi connectivity index (χ0) is 87.4. The molecule has 0 N–H and O–H groups in total. The number of nitrogens with zero attached hydrogens (tertiary/aromatic N) is 9. The molecule has 0 radical (unpaired) electrons. The minimum Gasteiger partial charge on any atom is -0.309 e. The number of para-hydroxylation sites is 3. The molecule has 0 saturated carbocycles. The predicted molar refractivity (Wildman–Crippen MR) is 555 cm³/mol. The monoisotopic (exact) mass is 1740 g/mol. The second-order valence-electron chi connectivity index (χ2n) is 32.7. The Kier molecular flexibility index (Phi) is 20.3. The van der Waals surface area contributed by atoms with Gasteiger partial charge in [-0.15, -0.1) is 34.0 Å². The maximum atomic E-state index is 5.12. The Morgan fingerprint density at radius 3 is 0.902 bits per heavy atom. The Morgan fingerprint density at radius 2 is 0.523 bits per heavy atom. The summed E-state index contributed by atoms with van der Waals surface area (Å²) >= 11 is 5.67. The summed E-state index contributed by atoms with van der Waals surface area (Å²) in [6.07, 6.45) is 14.8. The number of aromatic nitrogens is 9. The van der Waals surface area contributed by atoms with Crippen LogP contribution in [0.25, 0.3) is 234 Å². The topological polar surface area (TPSA) is 92.1 Å². The summed E-state index contributed by atoms with van der Waals surface area (Å²) in [5.74, 6) is 0.906. The molecule has 0 amide bonds. The average molecular weight is 1740 g/mol. The SMILES string of the molecule is c1ccc(-c2sc3c(ccc4c3c3ccccc3n4-c3cc(-c4ccccn4)cc(-c4ccccn4)c3)c2-c2ccccc2)cc1.c1ccc(-c2sc3c(ccc4c3c3ccccc3n4-c3cc(-c4cccnc4)cc(-c4cccnc4)c3)c2-c2ccccc2)cc1.c1ccc(-c2sc3c(ccc4c3c3ccccc3n4-c3cccc(-c4ccncc4)n3)c2-c2ccccc2)cc1. The van der Waals surface area contributed by atoms with Crippen LogP contribution in [0, 0.1) is 0 Å². The molecule has 12 heteroatoms. The lowest BCUT2D eigenvalue weighted by Gasteiger charge is -2.14. The van der Waals surface area contributed by atoms with Crippen LogP contribution in [0.15, 0.2) is 468 Å². The standard InChI is InChI=1S/2C42H27N3S.C36H23N3S/c1-3-13-28(14-4-1)39-34-21-22-38-40(42(34)46-41(39)29-15-5-2-6-16-29)33-17-7-8-20-37(33)45(38)32-26-30(35-18-9-11-23-43-35)25-31(27-32)36-19-10-12-24-44-36;1-3-11-28(12-4-1)39-36-19-20-38-40(42(36)46-41(39)29-13-5-2-6-14-29)35-17-7-8-18-37(35)45(38)34-24-32(30-15-9-21-43-26-30)23-33(25-34)31-16-10-22-44-27-31;1-3-10-25(11-4-1)33-28-18-19-31-34(36(28)40-35(33)26-12-5-2-6-13-26)27-14-7-8-16-30(27)39(31)32-17-9-15-29(38-32)24-20-22-37-23-21-24/h2*1-27H;1-23H. The van der Waals surface area contributed by atoms with Crippen LogP contribution in [-0.4, -0.2) is 43.6 Å². The maximum Gasteiger partial charge on any atom is 0.138 e. The van der Waals surface area contributed by atoms with Crippen LogP contribution in [0.5, 0.6) is 0 Å². The molecule has 0 unspecified atom stereocenters. The fourth-order valence-electron chi connectivity index (χ4n) is 19.2. The molecule has 0 saturated heterocycles. The van der Waals surface area contributed by atoms with Gasteiger partial charge in [0, 0.05) is 183 Å². The van der Waals surface area contributed by atoms with Crippen LogP contribution < -0.4 is 0 Å². The molecular formula is C120H77N9S3. The molecule has 26 rings (SSSR count). The Balaban J connectivity index is 0.000000110. The molecule has 14 aromatic carbocycles. The molecule has 9 nitrogen and oxygen atoms in total. The molecule has 0 fully saturated rings. The quantitative estimate of drug-likeness (QED) is 0.108. The van der Waals surface area contributed by atoms with Gasteiger partial charge in [0.2, 0.25) is 0 Å². The van der Waals surface area contributed by atoms with Crippen LogP contribution in [-0.2, 0) is 0 Å². The van der Waals surface area contributed by atoms with E-state index in [2.05, 4.69) is 399 Å². The highest BCUT2D eigenvalue weighted by atomic mass is 32.1. The fourth-order valence-corrected chi connectivity index (χ4v) is 23.3. The molecule has 0 aliphatic heterocycles. The minimum absolute atomic E-state index is 0.906. The van der Waals surface area contributed by atoms with Crippen molar-refractivity contribution in [3.63, 3.8) is 0 Å². The summed E-state index contributed by atoms with van der Waals surface area (Å²) in [5.41, 5.74) is 30.9. The van der Waals surface area contributed by atoms with E-state index in [0.717, 1.165) is 84.3 Å². The molecule has 132 heavy (non-hydrogen) atoms. The van der Waals surface area contributed by atoms with Gasteiger partial charge in [0.05, 0.1) is 50.2 Å². The summed E-state index contributed by atoms with van der Waals surface area (Å²) < 4.78 is 11.0. The van der Waals surface area contributed by atoms with E-state index in [-0.39, 0.29) is 0 Å². The highest BCUT2D eigenvalue weighted by Crippen LogP contribution is 2.54. The zero-order valence-electron chi connectivity index (χ0n) is 71.2. The molecule has 0 spiro atoms. The summed E-state index contributed by atoms with van der Waals surface area (Å²) in [4.78, 5) is 31.5. The Morgan fingerprint density at radius 1 is 0.189 bits per heavy atom. The Bertz CT molecular complexity index is 8300. The van der Waals surface area contributed by atoms with Gasteiger partial charge in [-0.25, -0.2) is 4.98 Å². The van der Waals surface area contributed by atoms with Crippen molar-refractivity contribution >= 4 is 130 Å². The Hall–Kier alpha value is -16.7. The predicted octanol–water partition coefficient (Wildman–Crippen LogP) is 32.7. The molecule has 12 heterocycles. The molecular weight excluding hydrogens is 1660 g/mol. The molecule has 620 valence electrons. The molecule has 0 aliphatic rings. The average Bonchev–Trinajstić information content (AvgIpc) is 1.57. The van der Waals surface area contributed by atoms with E-state index >= 15 is 0 Å². The first-order valence-electron chi connectivity index (χ1n) is 44.1. The van der Waals surface area contributed by atoms with Gasteiger partial charge in [0.25, 0.3) is 0 Å². The lowest BCUT2D eigenvalue weighted by molar-refractivity contribution is 1.08. The van der Waals surface area contributed by atoms with Gasteiger partial charge < -0.3 is 9.13 Å². The third-order valence-corrected chi connectivity index (χ3v) is 28.8. The number of rotatable bonds is 14. The van der Waals surface area contributed by atoms with E-state index in [1.54, 1.807) is 0 Å². The highest BCUT2D eigenvalue weighted by molar-refractivity contribution is 7.25. The lowest BCUT2D eigenvalue weighted by atomic mass is 9.98. The third kappa shape index (κ3) is 14.2. The van der Waals surface area contributed by atoms with Crippen molar-refractivity contribution in [2.75, 3.05) is 0 Å². The summed E-state index contributed by atoms with van der Waals surface area (Å²) in [7, 11) is 0. The first-order valence-corrected chi connectivity index (χ1v) is 46.6. The van der Waals surface area contributed by atoms with Gasteiger partial charge in [-0.05, 0) is 178 Å². The molecule has 0 atom stereocenters. The number of benzene rings is 14. The van der Waals surface area contributed by atoms with Crippen molar-refractivity contribution in [3.8, 4) is 138 Å². The molecule has 26 aromatic rings. The van der Waals surface area contributed by atoms with E-state index in [4.69, 9.17) is 15.0 Å². The first kappa shape index (κ1) is 78.7. The summed E-state index contributed by atoms with van der Waals surface area (Å²) in [6, 6.07) is 149. The van der Waals surface area contributed by atoms with E-state index < -0.39 is 0 Å². The lowest BCUT2D eigenvalue weighted by Crippen LogP contribution is -1.98. The fraction of sp³-hybridized carbons (Fsp3) is 0. The maximum absolute atomic E-state index is 5.12. The third-order valence-electron chi connectivity index (χ3n) is 25.0. The summed E-state index contributed by atoms with van der Waals surface area (Å²) in [5, 5.41) is 11.4. The van der Waals surface area contributed by atoms with Crippen molar-refractivity contribution in [2.24, 2.45) is 0 Å². The number of hydrogen-bond acceptors (Lipinski definition) is 9.